The summed E-state index contributed by atoms with van der Waals surface area (Å²) in [6.45, 7) is 4.41. The minimum absolute atomic E-state index is 0.0324. The maximum atomic E-state index is 12.4. The van der Waals surface area contributed by atoms with E-state index in [1.165, 1.54) is 12.8 Å². The molecule has 2 aromatic rings. The van der Waals surface area contributed by atoms with E-state index < -0.39 is 5.91 Å². The van der Waals surface area contributed by atoms with Gasteiger partial charge in [0.25, 0.3) is 5.91 Å². The highest BCUT2D eigenvalue weighted by molar-refractivity contribution is 5.97. The molecule has 0 bridgehead atoms. The molecule has 0 saturated carbocycles. The molecular weight excluding hydrogens is 318 g/mol. The SMILES string of the molecule is Cc1ccc(C(CNC(=O)c2ccc(C(N)=O)cc2)N2CCCC2)o1. The molecule has 1 fully saturated rings. The minimum Gasteiger partial charge on any atom is -0.465 e. The zero-order valence-corrected chi connectivity index (χ0v) is 14.3. The summed E-state index contributed by atoms with van der Waals surface area (Å²) in [5.74, 6) is 1.06. The van der Waals surface area contributed by atoms with Gasteiger partial charge in [-0.05, 0) is 69.3 Å². The molecule has 1 aliphatic rings. The van der Waals surface area contributed by atoms with Crippen LogP contribution >= 0.6 is 0 Å². The topological polar surface area (TPSA) is 88.6 Å². The van der Waals surface area contributed by atoms with Gasteiger partial charge in [-0.1, -0.05) is 0 Å². The van der Waals surface area contributed by atoms with Crippen LogP contribution in [0.3, 0.4) is 0 Å². The summed E-state index contributed by atoms with van der Waals surface area (Å²) < 4.78 is 5.79. The van der Waals surface area contributed by atoms with Crippen molar-refractivity contribution in [3.05, 3.63) is 59.0 Å². The molecule has 6 heteroatoms. The monoisotopic (exact) mass is 341 g/mol. The van der Waals surface area contributed by atoms with Crippen LogP contribution in [0.1, 0.15) is 51.1 Å². The number of nitrogens with one attached hydrogen (secondary N) is 1. The van der Waals surface area contributed by atoms with E-state index in [0.717, 1.165) is 24.6 Å². The van der Waals surface area contributed by atoms with E-state index in [4.69, 9.17) is 10.2 Å². The van der Waals surface area contributed by atoms with Crippen molar-refractivity contribution in [2.75, 3.05) is 19.6 Å². The van der Waals surface area contributed by atoms with Crippen LogP contribution in [0.2, 0.25) is 0 Å². The molecule has 1 atom stereocenters. The van der Waals surface area contributed by atoms with E-state index in [1.54, 1.807) is 24.3 Å². The van der Waals surface area contributed by atoms with Gasteiger partial charge in [0.2, 0.25) is 5.91 Å². The molecule has 6 nitrogen and oxygen atoms in total. The molecule has 0 spiro atoms. The lowest BCUT2D eigenvalue weighted by Gasteiger charge is -2.26. The van der Waals surface area contributed by atoms with E-state index in [2.05, 4.69) is 10.2 Å². The van der Waals surface area contributed by atoms with Gasteiger partial charge in [0, 0.05) is 17.7 Å². The molecule has 1 unspecified atom stereocenters. The first-order valence-corrected chi connectivity index (χ1v) is 8.53. The summed E-state index contributed by atoms with van der Waals surface area (Å²) in [5.41, 5.74) is 6.11. The van der Waals surface area contributed by atoms with Gasteiger partial charge >= 0.3 is 0 Å². The Bertz CT molecular complexity index is 746. The number of rotatable bonds is 6. The molecular formula is C19H23N3O3. The van der Waals surface area contributed by atoms with E-state index in [1.807, 2.05) is 19.1 Å². The first kappa shape index (κ1) is 17.2. The second-order valence-electron chi connectivity index (χ2n) is 6.36. The summed E-state index contributed by atoms with van der Waals surface area (Å²) in [6.07, 6.45) is 2.33. The van der Waals surface area contributed by atoms with Crippen LogP contribution in [0.15, 0.2) is 40.8 Å². The number of benzene rings is 1. The number of furan rings is 1. The Kier molecular flexibility index (Phi) is 5.19. The molecule has 132 valence electrons. The van der Waals surface area contributed by atoms with Gasteiger partial charge < -0.3 is 15.5 Å². The fraction of sp³-hybridized carbons (Fsp3) is 0.368. The van der Waals surface area contributed by atoms with Crippen molar-refractivity contribution in [1.29, 1.82) is 0 Å². The Labute approximate surface area is 147 Å². The third-order valence-electron chi connectivity index (χ3n) is 4.56. The van der Waals surface area contributed by atoms with Gasteiger partial charge in [0.1, 0.15) is 11.5 Å². The fourth-order valence-corrected chi connectivity index (χ4v) is 3.17. The summed E-state index contributed by atoms with van der Waals surface area (Å²) >= 11 is 0. The highest BCUT2D eigenvalue weighted by Crippen LogP contribution is 2.26. The van der Waals surface area contributed by atoms with Gasteiger partial charge in [-0.3, -0.25) is 14.5 Å². The van der Waals surface area contributed by atoms with Crippen LogP contribution < -0.4 is 11.1 Å². The number of likely N-dealkylation sites (tertiary alicyclic amines) is 1. The van der Waals surface area contributed by atoms with Crippen LogP contribution in [0, 0.1) is 6.92 Å². The molecule has 0 radical (unpaired) electrons. The van der Waals surface area contributed by atoms with Crippen molar-refractivity contribution in [2.24, 2.45) is 5.73 Å². The normalized spacial score (nSPS) is 15.9. The van der Waals surface area contributed by atoms with E-state index in [9.17, 15) is 9.59 Å². The number of nitrogens with two attached hydrogens (primary N) is 1. The van der Waals surface area contributed by atoms with Crippen molar-refractivity contribution >= 4 is 11.8 Å². The van der Waals surface area contributed by atoms with Crippen LogP contribution in [0.4, 0.5) is 0 Å². The highest BCUT2D eigenvalue weighted by Gasteiger charge is 2.26. The van der Waals surface area contributed by atoms with Gasteiger partial charge in [-0.15, -0.1) is 0 Å². The van der Waals surface area contributed by atoms with Crippen LogP contribution in [0.25, 0.3) is 0 Å². The number of primary amides is 1. The predicted octanol–water partition coefficient (Wildman–Crippen LogP) is 2.25. The molecule has 1 saturated heterocycles. The lowest BCUT2D eigenvalue weighted by atomic mass is 10.1. The number of hydrogen-bond acceptors (Lipinski definition) is 4. The number of aryl methyl sites for hydroxylation is 1. The summed E-state index contributed by atoms with van der Waals surface area (Å²) in [5, 5.41) is 2.98. The second kappa shape index (κ2) is 7.53. The third-order valence-corrected chi connectivity index (χ3v) is 4.56. The Morgan fingerprint density at radius 1 is 1.12 bits per heavy atom. The maximum Gasteiger partial charge on any atom is 0.251 e. The van der Waals surface area contributed by atoms with Crippen molar-refractivity contribution < 1.29 is 14.0 Å². The van der Waals surface area contributed by atoms with Crippen molar-refractivity contribution in [1.82, 2.24) is 10.2 Å². The number of amides is 2. The van der Waals surface area contributed by atoms with E-state index in [0.29, 0.717) is 17.7 Å². The highest BCUT2D eigenvalue weighted by atomic mass is 16.3. The summed E-state index contributed by atoms with van der Waals surface area (Å²) in [4.78, 5) is 25.9. The third kappa shape index (κ3) is 4.09. The number of hydrogen-bond donors (Lipinski definition) is 2. The number of carbonyl (C=O) groups excluding carboxylic acids is 2. The first-order chi connectivity index (χ1) is 12.0. The van der Waals surface area contributed by atoms with Crippen LogP contribution in [0.5, 0.6) is 0 Å². The van der Waals surface area contributed by atoms with Crippen molar-refractivity contribution in [2.45, 2.75) is 25.8 Å². The molecule has 1 aromatic carbocycles. The second-order valence-corrected chi connectivity index (χ2v) is 6.36. The molecule has 0 aliphatic carbocycles. The molecule has 3 N–H and O–H groups in total. The average molecular weight is 341 g/mol. The minimum atomic E-state index is -0.505. The van der Waals surface area contributed by atoms with Crippen molar-refractivity contribution in [3.63, 3.8) is 0 Å². The van der Waals surface area contributed by atoms with Crippen LogP contribution in [-0.4, -0.2) is 36.3 Å². The lowest BCUT2D eigenvalue weighted by molar-refractivity contribution is 0.0931. The van der Waals surface area contributed by atoms with E-state index in [-0.39, 0.29) is 11.9 Å². The van der Waals surface area contributed by atoms with Gasteiger partial charge in [-0.2, -0.15) is 0 Å². The summed E-state index contributed by atoms with van der Waals surface area (Å²) in [6, 6.07) is 10.3. The zero-order valence-electron chi connectivity index (χ0n) is 14.3. The maximum absolute atomic E-state index is 12.4. The molecule has 2 heterocycles. The smallest absolute Gasteiger partial charge is 0.251 e. The Balaban J connectivity index is 1.67. The molecule has 2 amide bonds. The van der Waals surface area contributed by atoms with Crippen LogP contribution in [-0.2, 0) is 0 Å². The Morgan fingerprint density at radius 3 is 2.32 bits per heavy atom. The molecule has 25 heavy (non-hydrogen) atoms. The average Bonchev–Trinajstić information content (AvgIpc) is 3.27. The number of carbonyl (C=O) groups is 2. The van der Waals surface area contributed by atoms with Gasteiger partial charge in [0.15, 0.2) is 0 Å². The standard InChI is InChI=1S/C19H23N3O3/c1-13-4-9-17(25-13)16(22-10-2-3-11-22)12-21-19(24)15-7-5-14(6-8-15)18(20)23/h4-9,16H,2-3,10-12H2,1H3,(H2,20,23)(H,21,24). The van der Waals surface area contributed by atoms with Gasteiger partial charge in [0.05, 0.1) is 6.04 Å². The molecule has 1 aromatic heterocycles. The number of nitrogens with zero attached hydrogens (tertiary/aromatic N) is 1. The quantitative estimate of drug-likeness (QED) is 0.843. The van der Waals surface area contributed by atoms with Crippen molar-refractivity contribution in [3.8, 4) is 0 Å². The Morgan fingerprint density at radius 2 is 1.76 bits per heavy atom. The fourth-order valence-electron chi connectivity index (χ4n) is 3.17. The van der Waals surface area contributed by atoms with E-state index >= 15 is 0 Å². The first-order valence-electron chi connectivity index (χ1n) is 8.53. The lowest BCUT2D eigenvalue weighted by Crippen LogP contribution is -2.36. The summed E-state index contributed by atoms with van der Waals surface area (Å²) in [7, 11) is 0. The largest absolute Gasteiger partial charge is 0.465 e. The Hall–Kier alpha value is -2.60. The molecule has 1 aliphatic heterocycles. The zero-order chi connectivity index (χ0) is 17.8. The van der Waals surface area contributed by atoms with Gasteiger partial charge in [-0.25, -0.2) is 0 Å². The predicted molar refractivity (Wildman–Crippen MR) is 94.3 cm³/mol. The molecule has 3 rings (SSSR count).